The first kappa shape index (κ1) is 28.5. The zero-order valence-corrected chi connectivity index (χ0v) is 23.1. The summed E-state index contributed by atoms with van der Waals surface area (Å²) >= 11 is 0. The van der Waals surface area contributed by atoms with E-state index >= 15 is 0 Å². The molecule has 1 atom stereocenters. The highest BCUT2D eigenvalue weighted by Gasteiger charge is 2.31. The predicted octanol–water partition coefficient (Wildman–Crippen LogP) is 6.60. The molecule has 0 heterocycles. The van der Waals surface area contributed by atoms with Gasteiger partial charge in [-0.1, -0.05) is 63.4 Å². The fourth-order valence-corrected chi connectivity index (χ4v) is 4.88. The number of para-hydroxylation sites is 1. The van der Waals surface area contributed by atoms with Crippen LogP contribution in [-0.4, -0.2) is 30.1 Å². The Hall–Kier alpha value is -3.02. The SMILES string of the molecule is CCOC(=O)C(C)(C)Oc1ccc(CC(=O)NC(CC(C)C)c2ccccc2NC2CCCCC2)cc1. The minimum absolute atomic E-state index is 0.0151. The maximum absolute atomic E-state index is 13.1. The molecule has 6 heteroatoms. The molecule has 1 unspecified atom stereocenters. The number of esters is 1. The average molecular weight is 509 g/mol. The normalized spacial score (nSPS) is 15.2. The van der Waals surface area contributed by atoms with Gasteiger partial charge in [-0.2, -0.15) is 0 Å². The second kappa shape index (κ2) is 13.5. The van der Waals surface area contributed by atoms with Crippen LogP contribution >= 0.6 is 0 Å². The molecule has 1 saturated carbocycles. The molecule has 1 aliphatic carbocycles. The van der Waals surface area contributed by atoms with Crippen LogP contribution in [0.3, 0.4) is 0 Å². The van der Waals surface area contributed by atoms with Crippen molar-refractivity contribution in [2.75, 3.05) is 11.9 Å². The number of rotatable bonds is 12. The van der Waals surface area contributed by atoms with Gasteiger partial charge in [0.2, 0.25) is 5.91 Å². The number of carbonyl (C=O) groups excluding carboxylic acids is 2. The van der Waals surface area contributed by atoms with Crippen LogP contribution in [0.2, 0.25) is 0 Å². The Balaban J connectivity index is 1.66. The van der Waals surface area contributed by atoms with Gasteiger partial charge in [-0.3, -0.25) is 4.79 Å². The molecule has 0 saturated heterocycles. The van der Waals surface area contributed by atoms with Gasteiger partial charge in [0.1, 0.15) is 5.75 Å². The van der Waals surface area contributed by atoms with Gasteiger partial charge in [-0.15, -0.1) is 0 Å². The highest BCUT2D eigenvalue weighted by atomic mass is 16.6. The van der Waals surface area contributed by atoms with Gasteiger partial charge < -0.3 is 20.1 Å². The fourth-order valence-electron chi connectivity index (χ4n) is 4.88. The van der Waals surface area contributed by atoms with Gasteiger partial charge in [-0.25, -0.2) is 4.79 Å². The zero-order valence-electron chi connectivity index (χ0n) is 23.1. The molecule has 2 aromatic carbocycles. The van der Waals surface area contributed by atoms with Gasteiger partial charge in [0, 0.05) is 11.7 Å². The Bertz CT molecular complexity index is 1010. The minimum Gasteiger partial charge on any atom is -0.476 e. The molecule has 6 nitrogen and oxygen atoms in total. The third-order valence-corrected chi connectivity index (χ3v) is 6.77. The van der Waals surface area contributed by atoms with Gasteiger partial charge >= 0.3 is 5.97 Å². The topological polar surface area (TPSA) is 76.7 Å². The summed E-state index contributed by atoms with van der Waals surface area (Å²) in [7, 11) is 0. The van der Waals surface area contributed by atoms with Crippen LogP contribution in [0.4, 0.5) is 5.69 Å². The van der Waals surface area contributed by atoms with Crippen molar-refractivity contribution in [1.82, 2.24) is 5.32 Å². The Labute approximate surface area is 222 Å². The molecule has 1 aliphatic rings. The first-order chi connectivity index (χ1) is 17.7. The van der Waals surface area contributed by atoms with Gasteiger partial charge in [0.25, 0.3) is 0 Å². The van der Waals surface area contributed by atoms with Gasteiger partial charge in [0.05, 0.1) is 19.1 Å². The summed E-state index contributed by atoms with van der Waals surface area (Å²) in [5.41, 5.74) is 2.08. The molecule has 0 radical (unpaired) electrons. The van der Waals surface area contributed by atoms with E-state index in [-0.39, 0.29) is 18.4 Å². The number of amides is 1. The monoisotopic (exact) mass is 508 g/mol. The van der Waals surface area contributed by atoms with Crippen molar-refractivity contribution < 1.29 is 19.1 Å². The highest BCUT2D eigenvalue weighted by molar-refractivity contribution is 5.80. The molecule has 0 aliphatic heterocycles. The smallest absolute Gasteiger partial charge is 0.349 e. The standard InChI is InChI=1S/C31H44N2O4/c1-6-36-30(35)31(4,5)37-25-18-16-23(17-19-25)21-29(34)33-28(20-22(2)3)26-14-10-11-15-27(26)32-24-12-8-7-9-13-24/h10-11,14-19,22,24,28,32H,6-9,12-13,20-21H2,1-5H3,(H,33,34). The molecule has 0 spiro atoms. The summed E-state index contributed by atoms with van der Waals surface area (Å²) in [5, 5.41) is 7.07. The van der Waals surface area contributed by atoms with Crippen molar-refractivity contribution in [2.45, 2.75) is 97.2 Å². The van der Waals surface area contributed by atoms with Crippen LogP contribution in [0.15, 0.2) is 48.5 Å². The number of benzene rings is 2. The van der Waals surface area contributed by atoms with Crippen molar-refractivity contribution in [3.8, 4) is 5.75 Å². The fraction of sp³-hybridized carbons (Fsp3) is 0.548. The molecule has 1 fully saturated rings. The summed E-state index contributed by atoms with van der Waals surface area (Å²) in [5.74, 6) is 0.571. The Morgan fingerprint density at radius 2 is 1.68 bits per heavy atom. The number of nitrogens with one attached hydrogen (secondary N) is 2. The van der Waals surface area contributed by atoms with Crippen molar-refractivity contribution in [3.05, 3.63) is 59.7 Å². The second-order valence-corrected chi connectivity index (χ2v) is 11.0. The third-order valence-electron chi connectivity index (χ3n) is 6.77. The molecule has 0 bridgehead atoms. The largest absolute Gasteiger partial charge is 0.476 e. The molecular formula is C31H44N2O4. The quantitative estimate of drug-likeness (QED) is 0.316. The zero-order chi connectivity index (χ0) is 26.8. The lowest BCUT2D eigenvalue weighted by atomic mass is 9.92. The lowest BCUT2D eigenvalue weighted by Crippen LogP contribution is -2.39. The maximum atomic E-state index is 13.1. The Morgan fingerprint density at radius 3 is 2.32 bits per heavy atom. The van der Waals surface area contributed by atoms with Crippen LogP contribution < -0.4 is 15.4 Å². The lowest BCUT2D eigenvalue weighted by Gasteiger charge is -2.28. The Kier molecular flexibility index (Phi) is 10.4. The molecule has 37 heavy (non-hydrogen) atoms. The van der Waals surface area contributed by atoms with Crippen LogP contribution in [0.1, 0.15) is 90.3 Å². The molecule has 3 rings (SSSR count). The Morgan fingerprint density at radius 1 is 1.00 bits per heavy atom. The molecular weight excluding hydrogens is 464 g/mol. The predicted molar refractivity (Wildman–Crippen MR) is 149 cm³/mol. The van der Waals surface area contributed by atoms with Crippen LogP contribution in [0.5, 0.6) is 5.75 Å². The average Bonchev–Trinajstić information content (AvgIpc) is 2.85. The first-order valence-corrected chi connectivity index (χ1v) is 13.8. The van der Waals surface area contributed by atoms with Gasteiger partial charge in [-0.05, 0) is 75.3 Å². The van der Waals surface area contributed by atoms with E-state index in [2.05, 4.69) is 48.7 Å². The molecule has 202 valence electrons. The lowest BCUT2D eigenvalue weighted by molar-refractivity contribution is -0.158. The maximum Gasteiger partial charge on any atom is 0.349 e. The minimum atomic E-state index is -1.09. The number of carbonyl (C=O) groups is 2. The van der Waals surface area contributed by atoms with E-state index in [9.17, 15) is 9.59 Å². The summed E-state index contributed by atoms with van der Waals surface area (Å²) in [6.07, 6.45) is 7.41. The number of anilines is 1. The van der Waals surface area contributed by atoms with E-state index in [4.69, 9.17) is 9.47 Å². The van der Waals surface area contributed by atoms with Gasteiger partial charge in [0.15, 0.2) is 5.60 Å². The summed E-state index contributed by atoms with van der Waals surface area (Å²) in [4.78, 5) is 25.2. The van der Waals surface area contributed by atoms with Crippen molar-refractivity contribution in [2.24, 2.45) is 5.92 Å². The molecule has 1 amide bonds. The van der Waals surface area contributed by atoms with Crippen molar-refractivity contribution >= 4 is 17.6 Å². The van der Waals surface area contributed by atoms with Crippen LogP contribution in [0.25, 0.3) is 0 Å². The number of hydrogen-bond donors (Lipinski definition) is 2. The van der Waals surface area contributed by atoms with Crippen LogP contribution in [0, 0.1) is 5.92 Å². The van der Waals surface area contributed by atoms with E-state index in [1.165, 1.54) is 32.1 Å². The van der Waals surface area contributed by atoms with E-state index in [0.717, 1.165) is 23.2 Å². The number of ether oxygens (including phenoxy) is 2. The highest BCUT2D eigenvalue weighted by Crippen LogP contribution is 2.31. The first-order valence-electron chi connectivity index (χ1n) is 13.8. The van der Waals surface area contributed by atoms with E-state index in [0.29, 0.717) is 24.3 Å². The second-order valence-electron chi connectivity index (χ2n) is 11.0. The summed E-state index contributed by atoms with van der Waals surface area (Å²) < 4.78 is 10.9. The van der Waals surface area contributed by atoms with Crippen LogP contribution in [-0.2, 0) is 20.7 Å². The molecule has 2 aromatic rings. The summed E-state index contributed by atoms with van der Waals surface area (Å²) in [6.45, 7) is 9.81. The van der Waals surface area contributed by atoms with Crippen molar-refractivity contribution in [1.29, 1.82) is 0 Å². The van der Waals surface area contributed by atoms with Crippen molar-refractivity contribution in [3.63, 3.8) is 0 Å². The molecule has 2 N–H and O–H groups in total. The molecule has 0 aromatic heterocycles. The van der Waals surface area contributed by atoms with E-state index < -0.39 is 11.6 Å². The van der Waals surface area contributed by atoms with E-state index in [1.54, 1.807) is 32.9 Å². The number of hydrogen-bond acceptors (Lipinski definition) is 5. The third kappa shape index (κ3) is 8.80. The summed E-state index contributed by atoms with van der Waals surface area (Å²) in [6, 6.07) is 16.1. The van der Waals surface area contributed by atoms with E-state index in [1.807, 2.05) is 12.1 Å².